The highest BCUT2D eigenvalue weighted by Crippen LogP contribution is 2.28. The van der Waals surface area contributed by atoms with Crippen LogP contribution in [0.3, 0.4) is 0 Å². The van der Waals surface area contributed by atoms with Gasteiger partial charge in [-0.15, -0.1) is 25.3 Å². The van der Waals surface area contributed by atoms with Gasteiger partial charge in [-0.05, 0) is 35.1 Å². The second kappa shape index (κ2) is 8.96. The van der Waals surface area contributed by atoms with Crippen molar-refractivity contribution in [3.8, 4) is 0 Å². The largest absolute Gasteiger partial charge is 0.131 e. The van der Waals surface area contributed by atoms with E-state index in [2.05, 4.69) is 73.8 Å². The predicted molar refractivity (Wildman–Crippen MR) is 126 cm³/mol. The van der Waals surface area contributed by atoms with Crippen molar-refractivity contribution in [2.45, 2.75) is 12.8 Å². The third kappa shape index (κ3) is 4.63. The van der Waals surface area contributed by atoms with Gasteiger partial charge in [0.15, 0.2) is 0 Å². The minimum absolute atomic E-state index is 0.599. The lowest BCUT2D eigenvalue weighted by molar-refractivity contribution is 1.08. The molecule has 0 saturated carbocycles. The Morgan fingerprint density at radius 2 is 0.923 bits per heavy atom. The number of benzene rings is 3. The number of hydrogen-bond acceptors (Lipinski definition) is 2. The minimum Gasteiger partial charge on any atom is -0.131 e. The van der Waals surface area contributed by atoms with Crippen molar-refractivity contribution >= 4 is 58.1 Å². The van der Waals surface area contributed by atoms with E-state index < -0.39 is 0 Å². The Balaban J connectivity index is 2.17. The van der Waals surface area contributed by atoms with Gasteiger partial charge in [-0.1, -0.05) is 97.2 Å². The quantitative estimate of drug-likeness (QED) is 0.373. The third-order valence-corrected chi connectivity index (χ3v) is 5.26. The Morgan fingerprint density at radius 3 is 1.23 bits per heavy atom. The predicted octanol–water partition coefficient (Wildman–Crippen LogP) is 6.08. The number of hydrogen-bond donors (Lipinski definition) is 2. The van der Waals surface area contributed by atoms with Crippen LogP contribution in [0.2, 0.25) is 0 Å². The highest BCUT2D eigenvalue weighted by atomic mass is 32.1. The van der Waals surface area contributed by atoms with Gasteiger partial charge < -0.3 is 0 Å². The smallest absolute Gasteiger partial charge is 0.0750 e. The maximum atomic E-state index is 5.41. The van der Waals surface area contributed by atoms with Crippen molar-refractivity contribution in [3.05, 3.63) is 106 Å². The fraction of sp³-hybridized carbons (Fsp3) is 0.0909. The molecular weight excluding hydrogens is 393 g/mol. The normalized spacial score (nSPS) is 10.5. The first kappa shape index (κ1) is 19.3. The van der Waals surface area contributed by atoms with E-state index in [-0.39, 0.29) is 0 Å². The lowest BCUT2D eigenvalue weighted by Crippen LogP contribution is -2.09. The molecule has 3 aromatic carbocycles. The van der Waals surface area contributed by atoms with Crippen LogP contribution in [0.25, 0.3) is 0 Å². The Kier molecular flexibility index (Phi) is 6.65. The van der Waals surface area contributed by atoms with Gasteiger partial charge in [0.1, 0.15) is 0 Å². The van der Waals surface area contributed by atoms with Crippen molar-refractivity contribution in [1.82, 2.24) is 0 Å². The average Bonchev–Trinajstić information content (AvgIpc) is 2.64. The van der Waals surface area contributed by atoms with Crippen LogP contribution in [0.15, 0.2) is 72.8 Å². The van der Waals surface area contributed by atoms with Gasteiger partial charge in [0.25, 0.3) is 0 Å². The fourth-order valence-corrected chi connectivity index (χ4v) is 3.90. The van der Waals surface area contributed by atoms with Crippen LogP contribution >= 0.6 is 49.7 Å². The molecule has 3 rings (SSSR count). The molecule has 0 N–H and O–H groups in total. The van der Waals surface area contributed by atoms with Crippen molar-refractivity contribution in [2.24, 2.45) is 0 Å². The van der Waals surface area contributed by atoms with E-state index in [1.807, 2.05) is 24.3 Å². The Morgan fingerprint density at radius 1 is 0.577 bits per heavy atom. The molecule has 26 heavy (non-hydrogen) atoms. The SMILES string of the molecule is S=C(S)c1ccc(C(=S)S)c(Cc2ccccc2)c1Cc1ccccc1. The molecule has 0 heterocycles. The summed E-state index contributed by atoms with van der Waals surface area (Å²) in [7, 11) is 0. The molecule has 0 amide bonds. The van der Waals surface area contributed by atoms with Crippen LogP contribution in [0, 0.1) is 0 Å². The summed E-state index contributed by atoms with van der Waals surface area (Å²) in [5, 5.41) is 0. The van der Waals surface area contributed by atoms with Crippen molar-refractivity contribution in [1.29, 1.82) is 0 Å². The highest BCUT2D eigenvalue weighted by molar-refractivity contribution is 8.12. The molecule has 0 unspecified atom stereocenters. The van der Waals surface area contributed by atoms with Crippen LogP contribution < -0.4 is 0 Å². The number of rotatable bonds is 6. The first-order valence-corrected chi connectivity index (χ1v) is 9.96. The molecule has 130 valence electrons. The molecule has 0 atom stereocenters. The second-order valence-electron chi connectivity index (χ2n) is 6.05. The fourth-order valence-electron chi connectivity index (χ4n) is 3.10. The molecule has 3 aromatic rings. The molecule has 0 radical (unpaired) electrons. The Hall–Kier alpha value is -1.46. The van der Waals surface area contributed by atoms with Gasteiger partial charge in [-0.2, -0.15) is 0 Å². The summed E-state index contributed by atoms with van der Waals surface area (Å²) in [6.07, 6.45) is 1.56. The van der Waals surface area contributed by atoms with Gasteiger partial charge in [0.2, 0.25) is 0 Å². The molecule has 4 heteroatoms. The molecule has 0 bridgehead atoms. The maximum absolute atomic E-state index is 5.41. The van der Waals surface area contributed by atoms with Gasteiger partial charge in [-0.25, -0.2) is 0 Å². The van der Waals surface area contributed by atoms with E-state index in [9.17, 15) is 0 Å². The first-order valence-electron chi connectivity index (χ1n) is 8.25. The first-order chi connectivity index (χ1) is 12.6. The third-order valence-electron chi connectivity index (χ3n) is 4.34. The van der Waals surface area contributed by atoms with E-state index in [1.54, 1.807) is 0 Å². The molecule has 0 spiro atoms. The zero-order valence-electron chi connectivity index (χ0n) is 14.1. The Labute approximate surface area is 176 Å². The Bertz CT molecular complexity index is 853. The van der Waals surface area contributed by atoms with Crippen LogP contribution in [-0.2, 0) is 12.8 Å². The lowest BCUT2D eigenvalue weighted by atomic mass is 9.88. The standard InChI is InChI=1S/C22H18S4/c23-21(24)17-11-12-18(22(25)26)20(14-16-9-5-2-6-10-16)19(17)13-15-7-3-1-4-8-15/h1-12H,13-14H2,(H,23,24)(H,25,26). The van der Waals surface area contributed by atoms with Crippen molar-refractivity contribution in [3.63, 3.8) is 0 Å². The van der Waals surface area contributed by atoms with Crippen molar-refractivity contribution < 1.29 is 0 Å². The van der Waals surface area contributed by atoms with Crippen LogP contribution in [0.1, 0.15) is 33.4 Å². The summed E-state index contributed by atoms with van der Waals surface area (Å²) in [4.78, 5) is 0. The van der Waals surface area contributed by atoms with E-state index >= 15 is 0 Å². The van der Waals surface area contributed by atoms with Gasteiger partial charge in [0.05, 0.1) is 8.39 Å². The van der Waals surface area contributed by atoms with Crippen molar-refractivity contribution in [2.75, 3.05) is 0 Å². The zero-order chi connectivity index (χ0) is 18.5. The van der Waals surface area contributed by atoms with Crippen LogP contribution in [-0.4, -0.2) is 8.39 Å². The molecule has 0 saturated heterocycles. The maximum Gasteiger partial charge on any atom is 0.0750 e. The van der Waals surface area contributed by atoms with E-state index in [0.717, 1.165) is 24.0 Å². The summed E-state index contributed by atoms with van der Waals surface area (Å²) in [5.74, 6) is 0. The lowest BCUT2D eigenvalue weighted by Gasteiger charge is -2.18. The summed E-state index contributed by atoms with van der Waals surface area (Å²) in [6, 6.07) is 24.8. The average molecular weight is 411 g/mol. The second-order valence-corrected chi connectivity index (χ2v) is 8.37. The van der Waals surface area contributed by atoms with Gasteiger partial charge in [-0.3, -0.25) is 0 Å². The summed E-state index contributed by atoms with van der Waals surface area (Å²) >= 11 is 19.7. The summed E-state index contributed by atoms with van der Waals surface area (Å²) in [6.45, 7) is 0. The molecule has 0 aliphatic rings. The van der Waals surface area contributed by atoms with E-state index in [4.69, 9.17) is 24.4 Å². The number of thiol groups is 2. The van der Waals surface area contributed by atoms with Crippen LogP contribution in [0.4, 0.5) is 0 Å². The summed E-state index contributed by atoms with van der Waals surface area (Å²) < 4.78 is 1.20. The molecule has 0 fully saturated rings. The minimum atomic E-state index is 0.599. The van der Waals surface area contributed by atoms with E-state index in [0.29, 0.717) is 8.39 Å². The molecule has 0 nitrogen and oxygen atoms in total. The van der Waals surface area contributed by atoms with Crippen LogP contribution in [0.5, 0.6) is 0 Å². The molecule has 0 aliphatic heterocycles. The zero-order valence-corrected chi connectivity index (χ0v) is 17.5. The van der Waals surface area contributed by atoms with Gasteiger partial charge >= 0.3 is 0 Å². The summed E-state index contributed by atoms with van der Waals surface area (Å²) in [5.41, 5.74) is 6.80. The van der Waals surface area contributed by atoms with Gasteiger partial charge in [0, 0.05) is 11.1 Å². The molecular formula is C22H18S4. The monoisotopic (exact) mass is 410 g/mol. The van der Waals surface area contributed by atoms with E-state index in [1.165, 1.54) is 22.3 Å². The topological polar surface area (TPSA) is 0 Å². The number of thiocarbonyl (C=S) groups is 2. The molecule has 0 aliphatic carbocycles. The highest BCUT2D eigenvalue weighted by Gasteiger charge is 2.17. The molecule has 0 aromatic heterocycles.